The Kier molecular flexibility index (Phi) is 5.56. The van der Waals surface area contributed by atoms with Gasteiger partial charge in [-0.2, -0.15) is 5.10 Å². The Bertz CT molecular complexity index is 970. The van der Waals surface area contributed by atoms with Gasteiger partial charge in [-0.05, 0) is 54.8 Å². The van der Waals surface area contributed by atoms with E-state index in [1.165, 1.54) is 24.3 Å². The molecule has 4 nitrogen and oxygen atoms in total. The summed E-state index contributed by atoms with van der Waals surface area (Å²) >= 11 is 6.11. The molecule has 1 amide bonds. The van der Waals surface area contributed by atoms with Crippen molar-refractivity contribution < 1.29 is 13.6 Å². The minimum absolute atomic E-state index is 0.233. The molecule has 0 bridgehead atoms. The standard InChI is InChI=1S/C20H18ClF2N3O/c1-2-19-17(11-25-26(19)15-7-5-13(22)6-8-15)16(20(24)27)9-12-3-4-14(23)10-18(12)21/h3-8,10-11,16H,2,9H2,1H3,(H2,24,27). The SMILES string of the molecule is CCc1c(C(Cc2ccc(F)cc2Cl)C(N)=O)cnn1-c1ccc(F)cc1. The van der Waals surface area contributed by atoms with E-state index in [0.29, 0.717) is 23.2 Å². The number of benzene rings is 2. The molecule has 0 spiro atoms. The molecule has 0 fully saturated rings. The molecule has 27 heavy (non-hydrogen) atoms. The van der Waals surface area contributed by atoms with E-state index in [2.05, 4.69) is 5.10 Å². The van der Waals surface area contributed by atoms with Gasteiger partial charge in [0.15, 0.2) is 0 Å². The van der Waals surface area contributed by atoms with Crippen molar-refractivity contribution in [3.63, 3.8) is 0 Å². The highest BCUT2D eigenvalue weighted by Crippen LogP contribution is 2.29. The molecule has 3 rings (SSSR count). The smallest absolute Gasteiger partial charge is 0.225 e. The fourth-order valence-electron chi connectivity index (χ4n) is 3.11. The molecule has 2 aromatic carbocycles. The Morgan fingerprint density at radius 2 is 1.85 bits per heavy atom. The third-order valence-corrected chi connectivity index (χ3v) is 4.82. The number of carbonyl (C=O) groups is 1. The first-order valence-electron chi connectivity index (χ1n) is 8.46. The first-order chi connectivity index (χ1) is 12.9. The van der Waals surface area contributed by atoms with Crippen molar-refractivity contribution in [2.24, 2.45) is 5.73 Å². The molecule has 0 saturated carbocycles. The molecule has 140 valence electrons. The summed E-state index contributed by atoms with van der Waals surface area (Å²) in [6.07, 6.45) is 2.42. The summed E-state index contributed by atoms with van der Waals surface area (Å²) in [6, 6.07) is 9.96. The van der Waals surface area contributed by atoms with Crippen molar-refractivity contribution in [2.45, 2.75) is 25.7 Å². The van der Waals surface area contributed by atoms with Crippen LogP contribution in [-0.4, -0.2) is 15.7 Å². The first kappa shape index (κ1) is 19.0. The van der Waals surface area contributed by atoms with Gasteiger partial charge in [-0.3, -0.25) is 4.79 Å². The second-order valence-corrected chi connectivity index (χ2v) is 6.59. The summed E-state index contributed by atoms with van der Waals surface area (Å²) in [5, 5.41) is 4.60. The fourth-order valence-corrected chi connectivity index (χ4v) is 3.35. The van der Waals surface area contributed by atoms with Gasteiger partial charge in [-0.15, -0.1) is 0 Å². The molecular formula is C20H18ClF2N3O. The van der Waals surface area contributed by atoms with Gasteiger partial charge in [0.05, 0.1) is 17.8 Å². The lowest BCUT2D eigenvalue weighted by atomic mass is 9.91. The van der Waals surface area contributed by atoms with Crippen molar-refractivity contribution in [2.75, 3.05) is 0 Å². The van der Waals surface area contributed by atoms with Gasteiger partial charge in [0.2, 0.25) is 5.91 Å². The van der Waals surface area contributed by atoms with Crippen LogP contribution in [0.15, 0.2) is 48.7 Å². The summed E-state index contributed by atoms with van der Waals surface area (Å²) < 4.78 is 28.2. The van der Waals surface area contributed by atoms with Gasteiger partial charge in [0.25, 0.3) is 0 Å². The van der Waals surface area contributed by atoms with Crippen LogP contribution in [0, 0.1) is 11.6 Å². The summed E-state index contributed by atoms with van der Waals surface area (Å²) in [5.41, 5.74) is 8.42. The van der Waals surface area contributed by atoms with Crippen LogP contribution < -0.4 is 5.73 Å². The minimum Gasteiger partial charge on any atom is -0.369 e. The zero-order valence-corrected chi connectivity index (χ0v) is 15.4. The molecule has 2 N–H and O–H groups in total. The minimum atomic E-state index is -0.669. The monoisotopic (exact) mass is 389 g/mol. The van der Waals surface area contributed by atoms with E-state index in [9.17, 15) is 13.6 Å². The van der Waals surface area contributed by atoms with E-state index >= 15 is 0 Å². The molecule has 0 aliphatic heterocycles. The van der Waals surface area contributed by atoms with Crippen LogP contribution in [0.4, 0.5) is 8.78 Å². The molecule has 3 aromatic rings. The molecular weight excluding hydrogens is 372 g/mol. The second kappa shape index (κ2) is 7.88. The van der Waals surface area contributed by atoms with E-state index in [1.807, 2.05) is 6.92 Å². The van der Waals surface area contributed by atoms with Crippen LogP contribution in [0.3, 0.4) is 0 Å². The number of rotatable bonds is 6. The number of nitrogens with two attached hydrogens (primary N) is 1. The predicted molar refractivity (Wildman–Crippen MR) is 99.9 cm³/mol. The lowest BCUT2D eigenvalue weighted by molar-refractivity contribution is -0.119. The van der Waals surface area contributed by atoms with Crippen LogP contribution in [0.1, 0.15) is 29.7 Å². The maximum atomic E-state index is 13.3. The molecule has 0 saturated heterocycles. The lowest BCUT2D eigenvalue weighted by Gasteiger charge is -2.16. The van der Waals surface area contributed by atoms with E-state index in [-0.39, 0.29) is 17.3 Å². The number of hydrogen-bond donors (Lipinski definition) is 1. The molecule has 1 unspecified atom stereocenters. The van der Waals surface area contributed by atoms with Gasteiger partial charge < -0.3 is 5.73 Å². The Hall–Kier alpha value is -2.73. The lowest BCUT2D eigenvalue weighted by Crippen LogP contribution is -2.24. The van der Waals surface area contributed by atoms with Crippen LogP contribution in [0.5, 0.6) is 0 Å². The van der Waals surface area contributed by atoms with E-state index in [1.54, 1.807) is 29.1 Å². The molecule has 0 aliphatic carbocycles. The molecule has 1 aromatic heterocycles. The normalized spacial score (nSPS) is 12.1. The number of hydrogen-bond acceptors (Lipinski definition) is 2. The predicted octanol–water partition coefficient (Wildman–Crippen LogP) is 4.18. The molecule has 7 heteroatoms. The van der Waals surface area contributed by atoms with E-state index in [4.69, 9.17) is 17.3 Å². The van der Waals surface area contributed by atoms with Gasteiger partial charge >= 0.3 is 0 Å². The Balaban J connectivity index is 2.01. The Morgan fingerprint density at radius 3 is 2.44 bits per heavy atom. The van der Waals surface area contributed by atoms with Crippen LogP contribution >= 0.6 is 11.6 Å². The third-order valence-electron chi connectivity index (χ3n) is 4.47. The molecule has 0 radical (unpaired) electrons. The number of amides is 1. The summed E-state index contributed by atoms with van der Waals surface area (Å²) in [5.74, 6) is -1.98. The molecule has 1 atom stereocenters. The maximum absolute atomic E-state index is 13.3. The number of primary amides is 1. The molecule has 1 heterocycles. The Labute approximate surface area is 160 Å². The highest BCUT2D eigenvalue weighted by Gasteiger charge is 2.25. The maximum Gasteiger partial charge on any atom is 0.225 e. The average molecular weight is 390 g/mol. The zero-order valence-electron chi connectivity index (χ0n) is 14.6. The zero-order chi connectivity index (χ0) is 19.6. The van der Waals surface area contributed by atoms with Gasteiger partial charge in [0, 0.05) is 16.3 Å². The topological polar surface area (TPSA) is 60.9 Å². The number of halogens is 3. The second-order valence-electron chi connectivity index (χ2n) is 6.18. The summed E-state index contributed by atoms with van der Waals surface area (Å²) in [4.78, 5) is 12.2. The van der Waals surface area contributed by atoms with Gasteiger partial charge in [-0.1, -0.05) is 24.6 Å². The highest BCUT2D eigenvalue weighted by molar-refractivity contribution is 6.31. The first-order valence-corrected chi connectivity index (χ1v) is 8.84. The Morgan fingerprint density at radius 1 is 1.19 bits per heavy atom. The number of carbonyl (C=O) groups excluding carboxylic acids is 1. The fraction of sp³-hybridized carbons (Fsp3) is 0.200. The van der Waals surface area contributed by atoms with Crippen molar-refractivity contribution >= 4 is 17.5 Å². The van der Waals surface area contributed by atoms with Crippen molar-refractivity contribution in [3.05, 3.63) is 82.1 Å². The van der Waals surface area contributed by atoms with Crippen molar-refractivity contribution in [1.29, 1.82) is 0 Å². The van der Waals surface area contributed by atoms with E-state index in [0.717, 1.165) is 5.69 Å². The average Bonchev–Trinajstić information content (AvgIpc) is 3.05. The van der Waals surface area contributed by atoms with Crippen LogP contribution in [0.25, 0.3) is 5.69 Å². The largest absolute Gasteiger partial charge is 0.369 e. The van der Waals surface area contributed by atoms with Crippen molar-refractivity contribution in [3.8, 4) is 5.69 Å². The van der Waals surface area contributed by atoms with Crippen LogP contribution in [-0.2, 0) is 17.6 Å². The summed E-state index contributed by atoms with van der Waals surface area (Å²) in [6.45, 7) is 1.93. The van der Waals surface area contributed by atoms with Gasteiger partial charge in [-0.25, -0.2) is 13.5 Å². The highest BCUT2D eigenvalue weighted by atomic mass is 35.5. The number of nitrogens with zero attached hydrogens (tertiary/aromatic N) is 2. The van der Waals surface area contributed by atoms with Crippen LogP contribution in [0.2, 0.25) is 5.02 Å². The van der Waals surface area contributed by atoms with Gasteiger partial charge in [0.1, 0.15) is 11.6 Å². The quantitative estimate of drug-likeness (QED) is 0.687. The summed E-state index contributed by atoms with van der Waals surface area (Å²) in [7, 11) is 0. The van der Waals surface area contributed by atoms with E-state index < -0.39 is 17.6 Å². The number of aromatic nitrogens is 2. The van der Waals surface area contributed by atoms with Crippen molar-refractivity contribution in [1.82, 2.24) is 9.78 Å². The third kappa shape index (κ3) is 4.01. The molecule has 0 aliphatic rings.